The van der Waals surface area contributed by atoms with E-state index < -0.39 is 0 Å². The zero-order valence-corrected chi connectivity index (χ0v) is 33.8. The van der Waals surface area contributed by atoms with E-state index in [1.54, 1.807) is 0 Å². The summed E-state index contributed by atoms with van der Waals surface area (Å²) in [6.45, 7) is 7.02. The number of benzene rings is 8. The van der Waals surface area contributed by atoms with Gasteiger partial charge in [0.1, 0.15) is 23.0 Å². The number of fused-ring (bicyclic) bond motifs is 6. The van der Waals surface area contributed by atoms with E-state index >= 15 is 0 Å². The van der Waals surface area contributed by atoms with Gasteiger partial charge in [-0.3, -0.25) is 0 Å². The highest BCUT2D eigenvalue weighted by Gasteiger charge is 2.22. The Morgan fingerprint density at radius 2 is 0.783 bits per heavy atom. The highest BCUT2D eigenvalue weighted by Crippen LogP contribution is 2.45. The minimum absolute atomic E-state index is 0.193. The summed E-state index contributed by atoms with van der Waals surface area (Å²) >= 11 is 0. The van der Waals surface area contributed by atoms with Crippen molar-refractivity contribution in [2.24, 2.45) is 0 Å². The predicted octanol–water partition coefficient (Wildman–Crippen LogP) is 13.4. The van der Waals surface area contributed by atoms with Gasteiger partial charge in [0.15, 0.2) is 0 Å². The number of aromatic hydroxyl groups is 2. The van der Waals surface area contributed by atoms with Crippen molar-refractivity contribution in [2.45, 2.75) is 27.2 Å². The maximum absolute atomic E-state index is 12.1. The lowest BCUT2D eigenvalue weighted by molar-refractivity contribution is 0.248. The molecule has 2 heterocycles. The number of aryl methyl sites for hydroxylation is 3. The van der Waals surface area contributed by atoms with E-state index in [0.29, 0.717) is 42.3 Å². The number of ether oxygens (including phenoxy) is 2. The Hall–Kier alpha value is -7.44. The van der Waals surface area contributed by atoms with Crippen LogP contribution in [-0.2, 0) is 0 Å². The molecule has 0 radical (unpaired) electrons. The Bertz CT molecular complexity index is 3210. The van der Waals surface area contributed by atoms with Crippen molar-refractivity contribution in [1.82, 2.24) is 9.13 Å². The average Bonchev–Trinajstić information content (AvgIpc) is 3.77. The molecule has 8 aromatic carbocycles. The standard InChI is InChI=1S/C54H44N2O4/c1-34-25-26-40-39-17-6-11-22-47(39)56(48(40)31-34)50-33-36(3)30-44(54(50)58)42-19-8-13-24-52(42)60-28-14-27-59-51-23-12-7-18-41(51)43-29-35(2)32-49(53(43)57)55-45-20-9-4-15-37(45)38-16-5-10-21-46(38)55/h4-13,15-26,29-33,57-58H,14,27-28H2,1-3H3. The average molecular weight is 785 g/mol. The lowest BCUT2D eigenvalue weighted by atomic mass is 9.99. The van der Waals surface area contributed by atoms with Crippen molar-refractivity contribution in [3.8, 4) is 56.6 Å². The van der Waals surface area contributed by atoms with Crippen molar-refractivity contribution in [3.63, 3.8) is 0 Å². The van der Waals surface area contributed by atoms with Crippen LogP contribution in [0.25, 0.3) is 77.2 Å². The van der Waals surface area contributed by atoms with Crippen LogP contribution >= 0.6 is 0 Å². The molecule has 60 heavy (non-hydrogen) atoms. The number of aromatic nitrogens is 2. The zero-order chi connectivity index (χ0) is 40.9. The summed E-state index contributed by atoms with van der Waals surface area (Å²) in [5.74, 6) is 1.76. The second-order valence-corrected chi connectivity index (χ2v) is 15.6. The number of phenols is 2. The first-order valence-corrected chi connectivity index (χ1v) is 20.5. The van der Waals surface area contributed by atoms with Crippen LogP contribution in [0.5, 0.6) is 23.0 Å². The van der Waals surface area contributed by atoms with E-state index in [9.17, 15) is 10.2 Å². The number of para-hydroxylation sites is 5. The van der Waals surface area contributed by atoms with Crippen LogP contribution < -0.4 is 9.47 Å². The molecule has 0 saturated carbocycles. The Morgan fingerprint density at radius 3 is 1.27 bits per heavy atom. The molecule has 6 nitrogen and oxygen atoms in total. The lowest BCUT2D eigenvalue weighted by Crippen LogP contribution is -2.06. The summed E-state index contributed by atoms with van der Waals surface area (Å²) < 4.78 is 17.2. The van der Waals surface area contributed by atoms with Crippen LogP contribution in [0.3, 0.4) is 0 Å². The summed E-state index contributed by atoms with van der Waals surface area (Å²) in [6, 6.07) is 55.3. The minimum Gasteiger partial charge on any atom is -0.505 e. The van der Waals surface area contributed by atoms with Gasteiger partial charge in [0.2, 0.25) is 0 Å². The van der Waals surface area contributed by atoms with Crippen molar-refractivity contribution in [2.75, 3.05) is 13.2 Å². The summed E-state index contributed by atoms with van der Waals surface area (Å²) in [4.78, 5) is 0. The van der Waals surface area contributed by atoms with Gasteiger partial charge in [-0.1, -0.05) is 103 Å². The first-order chi connectivity index (χ1) is 29.4. The second kappa shape index (κ2) is 15.1. The maximum Gasteiger partial charge on any atom is 0.147 e. The molecule has 10 aromatic rings. The number of hydrogen-bond acceptors (Lipinski definition) is 4. The second-order valence-electron chi connectivity index (χ2n) is 15.6. The van der Waals surface area contributed by atoms with E-state index in [-0.39, 0.29) is 11.5 Å². The highest BCUT2D eigenvalue weighted by molar-refractivity contribution is 6.10. The van der Waals surface area contributed by atoms with Crippen LogP contribution in [0.2, 0.25) is 0 Å². The van der Waals surface area contributed by atoms with Gasteiger partial charge in [-0.05, 0) is 98.1 Å². The van der Waals surface area contributed by atoms with Crippen molar-refractivity contribution in [1.29, 1.82) is 0 Å². The fourth-order valence-corrected chi connectivity index (χ4v) is 8.85. The molecule has 0 amide bonds. The van der Waals surface area contributed by atoms with Crippen LogP contribution in [0.4, 0.5) is 0 Å². The smallest absolute Gasteiger partial charge is 0.147 e. The maximum atomic E-state index is 12.1. The summed E-state index contributed by atoms with van der Waals surface area (Å²) in [5, 5.41) is 28.7. The van der Waals surface area contributed by atoms with Crippen molar-refractivity contribution in [3.05, 3.63) is 180 Å². The zero-order valence-electron chi connectivity index (χ0n) is 33.8. The number of hydrogen-bond donors (Lipinski definition) is 2. The Morgan fingerprint density at radius 1 is 0.383 bits per heavy atom. The largest absolute Gasteiger partial charge is 0.505 e. The van der Waals surface area contributed by atoms with E-state index in [1.165, 1.54) is 0 Å². The van der Waals surface area contributed by atoms with E-state index in [1.807, 2.05) is 91.0 Å². The Labute approximate surface area is 348 Å². The number of rotatable bonds is 10. The van der Waals surface area contributed by atoms with Crippen LogP contribution in [-0.4, -0.2) is 32.6 Å². The quantitative estimate of drug-likeness (QED) is 0.136. The Kier molecular flexibility index (Phi) is 9.25. The summed E-state index contributed by atoms with van der Waals surface area (Å²) in [6.07, 6.45) is 0.612. The molecule has 6 heteroatoms. The molecular weight excluding hydrogens is 741 g/mol. The third-order valence-electron chi connectivity index (χ3n) is 11.5. The Balaban J connectivity index is 0.907. The highest BCUT2D eigenvalue weighted by atomic mass is 16.5. The van der Waals surface area contributed by atoms with E-state index in [2.05, 4.69) is 103 Å². The normalized spacial score (nSPS) is 11.6. The summed E-state index contributed by atoms with van der Waals surface area (Å²) in [5.41, 5.74) is 11.9. The molecule has 0 unspecified atom stereocenters. The van der Waals surface area contributed by atoms with Crippen molar-refractivity contribution < 1.29 is 19.7 Å². The van der Waals surface area contributed by atoms with Gasteiger partial charge in [-0.2, -0.15) is 0 Å². The molecule has 0 aliphatic carbocycles. The third kappa shape index (κ3) is 6.29. The molecule has 0 fully saturated rings. The molecule has 0 aliphatic rings. The monoisotopic (exact) mass is 784 g/mol. The molecule has 0 spiro atoms. The molecular formula is C54H44N2O4. The van der Waals surface area contributed by atoms with Gasteiger partial charge in [0.25, 0.3) is 0 Å². The molecule has 0 saturated heterocycles. The SMILES string of the molecule is Cc1cc(-c2ccccc2OCCCOc2ccccc2-c2cc(C)cc(-n3c4ccccc4c4ccc(C)cc43)c2O)c(O)c(-n2c3ccccc3c3ccccc32)c1. The summed E-state index contributed by atoms with van der Waals surface area (Å²) in [7, 11) is 0. The number of phenolic OH excluding ortho intramolecular Hbond substituents is 2. The third-order valence-corrected chi connectivity index (χ3v) is 11.5. The molecule has 2 N–H and O–H groups in total. The van der Waals surface area contributed by atoms with Crippen LogP contribution in [0.15, 0.2) is 164 Å². The van der Waals surface area contributed by atoms with Crippen molar-refractivity contribution >= 4 is 43.6 Å². The topological polar surface area (TPSA) is 68.8 Å². The fourth-order valence-electron chi connectivity index (χ4n) is 8.85. The van der Waals surface area contributed by atoms with Gasteiger partial charge < -0.3 is 28.8 Å². The molecule has 2 aromatic heterocycles. The molecule has 10 rings (SSSR count). The van der Waals surface area contributed by atoms with Gasteiger partial charge in [-0.15, -0.1) is 0 Å². The first kappa shape index (κ1) is 36.9. The molecule has 0 bridgehead atoms. The van der Waals surface area contributed by atoms with Crippen LogP contribution in [0, 0.1) is 20.8 Å². The van der Waals surface area contributed by atoms with E-state index in [0.717, 1.165) is 82.8 Å². The molecule has 294 valence electrons. The van der Waals surface area contributed by atoms with Gasteiger partial charge >= 0.3 is 0 Å². The van der Waals surface area contributed by atoms with Gasteiger partial charge in [-0.25, -0.2) is 0 Å². The fraction of sp³-hybridized carbons (Fsp3) is 0.111. The molecule has 0 aliphatic heterocycles. The van der Waals surface area contributed by atoms with E-state index in [4.69, 9.17) is 9.47 Å². The van der Waals surface area contributed by atoms with Crippen LogP contribution in [0.1, 0.15) is 23.1 Å². The lowest BCUT2D eigenvalue weighted by Gasteiger charge is -2.18. The number of nitrogens with zero attached hydrogens (tertiary/aromatic N) is 2. The van der Waals surface area contributed by atoms with Gasteiger partial charge in [0, 0.05) is 50.2 Å². The van der Waals surface area contributed by atoms with Gasteiger partial charge in [0.05, 0.1) is 46.7 Å². The minimum atomic E-state index is 0.193. The molecule has 0 atom stereocenters. The predicted molar refractivity (Wildman–Crippen MR) is 246 cm³/mol. The first-order valence-electron chi connectivity index (χ1n) is 20.5.